The van der Waals surface area contributed by atoms with Gasteiger partial charge in [-0.3, -0.25) is 10.1 Å². The van der Waals surface area contributed by atoms with Crippen LogP contribution in [0.25, 0.3) is 0 Å². The van der Waals surface area contributed by atoms with E-state index in [0.717, 1.165) is 12.8 Å². The van der Waals surface area contributed by atoms with Crippen molar-refractivity contribution in [3.8, 4) is 0 Å². The number of nitrogens with zero attached hydrogens (tertiary/aromatic N) is 1. The molecule has 1 aliphatic heterocycles. The van der Waals surface area contributed by atoms with Gasteiger partial charge in [-0.05, 0) is 38.0 Å². The van der Waals surface area contributed by atoms with Crippen LogP contribution in [0.15, 0.2) is 0 Å². The molecule has 2 aliphatic rings. The summed E-state index contributed by atoms with van der Waals surface area (Å²) in [6.45, 7) is 6.54. The van der Waals surface area contributed by atoms with Gasteiger partial charge in [0.2, 0.25) is 5.91 Å². The second-order valence-corrected chi connectivity index (χ2v) is 5.60. The number of nitrogens with one attached hydrogen (secondary N) is 1. The Labute approximate surface area is 98.6 Å². The fraction of sp³-hybridized carbons (Fsp3) is 0.923. The maximum absolute atomic E-state index is 12.2. The van der Waals surface area contributed by atoms with Gasteiger partial charge in [-0.2, -0.15) is 0 Å². The second-order valence-electron chi connectivity index (χ2n) is 5.60. The fourth-order valence-electron chi connectivity index (χ4n) is 2.74. The summed E-state index contributed by atoms with van der Waals surface area (Å²) in [6, 6.07) is 0.602. The van der Waals surface area contributed by atoms with Gasteiger partial charge in [-0.1, -0.05) is 20.8 Å². The van der Waals surface area contributed by atoms with Crippen molar-refractivity contribution in [2.45, 2.75) is 71.1 Å². The Balaban J connectivity index is 2.05. The van der Waals surface area contributed by atoms with Gasteiger partial charge in [-0.15, -0.1) is 0 Å². The molecule has 0 bridgehead atoms. The Kier molecular flexibility index (Phi) is 3.53. The molecule has 1 heterocycles. The van der Waals surface area contributed by atoms with Crippen LogP contribution in [0.1, 0.15) is 52.9 Å². The van der Waals surface area contributed by atoms with Gasteiger partial charge in [-0.25, -0.2) is 0 Å². The molecule has 0 aromatic heterocycles. The summed E-state index contributed by atoms with van der Waals surface area (Å²) in [6.07, 6.45) is 5.99. The highest BCUT2D eigenvalue weighted by atomic mass is 16.2. The van der Waals surface area contributed by atoms with Crippen molar-refractivity contribution in [2.75, 3.05) is 0 Å². The van der Waals surface area contributed by atoms with Crippen LogP contribution in [0, 0.1) is 5.92 Å². The summed E-state index contributed by atoms with van der Waals surface area (Å²) in [7, 11) is 0. The summed E-state index contributed by atoms with van der Waals surface area (Å²) in [5.74, 6) is 0.987. The molecule has 2 atom stereocenters. The molecule has 0 radical (unpaired) electrons. The van der Waals surface area contributed by atoms with Crippen molar-refractivity contribution >= 4 is 5.91 Å². The normalized spacial score (nSPS) is 31.2. The Morgan fingerprint density at radius 1 is 1.44 bits per heavy atom. The highest BCUT2D eigenvalue weighted by Gasteiger charge is 2.43. The van der Waals surface area contributed by atoms with Crippen LogP contribution in [0.4, 0.5) is 0 Å². The third-order valence-electron chi connectivity index (χ3n) is 3.85. The van der Waals surface area contributed by atoms with Crippen LogP contribution in [0.5, 0.6) is 0 Å². The van der Waals surface area contributed by atoms with E-state index in [1.165, 1.54) is 19.3 Å². The SMILES string of the molecule is CCC1NC(CC(C)C)N(C2CCC2)C1=O. The summed E-state index contributed by atoms with van der Waals surface area (Å²) in [5, 5.41) is 3.50. The molecule has 3 nitrogen and oxygen atoms in total. The first-order valence-electron chi connectivity index (χ1n) is 6.71. The molecule has 1 saturated heterocycles. The monoisotopic (exact) mass is 224 g/mol. The number of rotatable bonds is 4. The van der Waals surface area contributed by atoms with Gasteiger partial charge in [0.15, 0.2) is 0 Å². The molecule has 3 heteroatoms. The standard InChI is InChI=1S/C13H24N2O/c1-4-11-13(16)15(10-6-5-7-10)12(14-11)8-9(2)3/h9-12,14H,4-8H2,1-3H3. The average molecular weight is 224 g/mol. The number of hydrogen-bond donors (Lipinski definition) is 1. The predicted octanol–water partition coefficient (Wildman–Crippen LogP) is 2.12. The first kappa shape index (κ1) is 11.9. The van der Waals surface area contributed by atoms with E-state index in [1.807, 2.05) is 0 Å². The third-order valence-corrected chi connectivity index (χ3v) is 3.85. The van der Waals surface area contributed by atoms with E-state index >= 15 is 0 Å². The van der Waals surface area contributed by atoms with Gasteiger partial charge in [0.1, 0.15) is 0 Å². The largest absolute Gasteiger partial charge is 0.323 e. The lowest BCUT2D eigenvalue weighted by atomic mass is 9.90. The summed E-state index contributed by atoms with van der Waals surface area (Å²) >= 11 is 0. The smallest absolute Gasteiger partial charge is 0.241 e. The minimum Gasteiger partial charge on any atom is -0.323 e. The molecular formula is C13H24N2O. The van der Waals surface area contributed by atoms with Gasteiger partial charge < -0.3 is 4.90 Å². The van der Waals surface area contributed by atoms with Crippen molar-refractivity contribution in [1.82, 2.24) is 10.2 Å². The number of carbonyl (C=O) groups excluding carboxylic acids is 1. The van der Waals surface area contributed by atoms with E-state index in [-0.39, 0.29) is 6.04 Å². The van der Waals surface area contributed by atoms with E-state index in [4.69, 9.17) is 0 Å². The van der Waals surface area contributed by atoms with Gasteiger partial charge in [0.05, 0.1) is 12.2 Å². The molecule has 2 rings (SSSR count). The highest BCUT2D eigenvalue weighted by Crippen LogP contribution is 2.31. The molecule has 0 aromatic carbocycles. The molecule has 1 N–H and O–H groups in total. The van der Waals surface area contributed by atoms with E-state index < -0.39 is 0 Å². The Morgan fingerprint density at radius 2 is 2.12 bits per heavy atom. The molecule has 0 aromatic rings. The van der Waals surface area contributed by atoms with E-state index in [2.05, 4.69) is 31.0 Å². The van der Waals surface area contributed by atoms with Crippen molar-refractivity contribution < 1.29 is 4.79 Å². The van der Waals surface area contributed by atoms with Crippen molar-refractivity contribution in [2.24, 2.45) is 5.92 Å². The van der Waals surface area contributed by atoms with Crippen LogP contribution < -0.4 is 5.32 Å². The Bertz CT molecular complexity index is 261. The van der Waals surface area contributed by atoms with Crippen LogP contribution in [0.2, 0.25) is 0 Å². The molecular weight excluding hydrogens is 200 g/mol. The zero-order valence-electron chi connectivity index (χ0n) is 10.7. The van der Waals surface area contributed by atoms with Crippen LogP contribution in [-0.2, 0) is 4.79 Å². The number of hydrogen-bond acceptors (Lipinski definition) is 2. The maximum Gasteiger partial charge on any atom is 0.241 e. The first-order valence-corrected chi connectivity index (χ1v) is 6.71. The molecule has 0 spiro atoms. The minimum absolute atomic E-state index is 0.0735. The van der Waals surface area contributed by atoms with Crippen LogP contribution in [0.3, 0.4) is 0 Å². The summed E-state index contributed by atoms with van der Waals surface area (Å²) < 4.78 is 0. The predicted molar refractivity (Wildman–Crippen MR) is 64.9 cm³/mol. The van der Waals surface area contributed by atoms with Crippen molar-refractivity contribution in [3.05, 3.63) is 0 Å². The van der Waals surface area contributed by atoms with Crippen molar-refractivity contribution in [3.63, 3.8) is 0 Å². The van der Waals surface area contributed by atoms with E-state index in [0.29, 0.717) is 24.0 Å². The zero-order chi connectivity index (χ0) is 11.7. The quantitative estimate of drug-likeness (QED) is 0.793. The second kappa shape index (κ2) is 4.74. The topological polar surface area (TPSA) is 32.3 Å². The average Bonchev–Trinajstić information content (AvgIpc) is 2.42. The van der Waals surface area contributed by atoms with Gasteiger partial charge in [0, 0.05) is 6.04 Å². The lowest BCUT2D eigenvalue weighted by Crippen LogP contribution is -2.48. The number of amides is 1. The van der Waals surface area contributed by atoms with Crippen molar-refractivity contribution in [1.29, 1.82) is 0 Å². The minimum atomic E-state index is 0.0735. The summed E-state index contributed by atoms with van der Waals surface area (Å²) in [4.78, 5) is 14.4. The zero-order valence-corrected chi connectivity index (χ0v) is 10.7. The fourth-order valence-corrected chi connectivity index (χ4v) is 2.74. The molecule has 1 saturated carbocycles. The molecule has 2 unspecified atom stereocenters. The Morgan fingerprint density at radius 3 is 2.56 bits per heavy atom. The summed E-state index contributed by atoms with van der Waals surface area (Å²) in [5.41, 5.74) is 0. The van der Waals surface area contributed by atoms with Gasteiger partial charge in [0.25, 0.3) is 0 Å². The molecule has 1 aliphatic carbocycles. The lowest BCUT2D eigenvalue weighted by molar-refractivity contribution is -0.134. The van der Waals surface area contributed by atoms with E-state index in [9.17, 15) is 4.79 Å². The number of carbonyl (C=O) groups is 1. The highest BCUT2D eigenvalue weighted by molar-refractivity contribution is 5.84. The van der Waals surface area contributed by atoms with Crippen LogP contribution in [-0.4, -0.2) is 29.1 Å². The Hall–Kier alpha value is -0.570. The van der Waals surface area contributed by atoms with Gasteiger partial charge >= 0.3 is 0 Å². The third kappa shape index (κ3) is 2.10. The maximum atomic E-state index is 12.2. The molecule has 2 fully saturated rings. The lowest BCUT2D eigenvalue weighted by Gasteiger charge is -2.38. The van der Waals surface area contributed by atoms with E-state index in [1.54, 1.807) is 0 Å². The van der Waals surface area contributed by atoms with Crippen LogP contribution >= 0.6 is 0 Å². The molecule has 16 heavy (non-hydrogen) atoms. The first-order chi connectivity index (χ1) is 7.63. The molecule has 1 amide bonds. The molecule has 92 valence electrons.